The lowest BCUT2D eigenvalue weighted by Crippen LogP contribution is -2.43. The van der Waals surface area contributed by atoms with Crippen LogP contribution in [0.2, 0.25) is 5.02 Å². The van der Waals surface area contributed by atoms with Gasteiger partial charge in [-0.1, -0.05) is 129 Å². The number of ether oxygens (including phenoxy) is 2. The molecule has 0 unspecified atom stereocenters. The van der Waals surface area contributed by atoms with Gasteiger partial charge in [0.25, 0.3) is 22.2 Å². The minimum atomic E-state index is -0.655. The molecule has 8 aromatic carbocycles. The fourth-order valence-electron chi connectivity index (χ4n) is 14.9. The van der Waals surface area contributed by atoms with E-state index in [1.165, 1.54) is 131 Å². The van der Waals surface area contributed by atoms with Gasteiger partial charge in [0.05, 0.1) is 87.3 Å². The summed E-state index contributed by atoms with van der Waals surface area (Å²) in [5, 5.41) is 6.05. The van der Waals surface area contributed by atoms with Crippen LogP contribution in [0.3, 0.4) is 0 Å². The topological polar surface area (TPSA) is 327 Å². The van der Waals surface area contributed by atoms with Gasteiger partial charge in [-0.3, -0.25) is 56.2 Å². The second-order valence-corrected chi connectivity index (χ2v) is 31.2. The van der Waals surface area contributed by atoms with Crippen molar-refractivity contribution >= 4 is 67.8 Å². The number of benzene rings is 8. The largest absolute Gasteiger partial charge is 0.497 e. The molecule has 0 saturated carbocycles. The Labute approximate surface area is 740 Å². The Bertz CT molecular complexity index is 7500. The Morgan fingerprint density at radius 3 is 1.33 bits per heavy atom. The van der Waals surface area contributed by atoms with E-state index in [0.29, 0.717) is 76.5 Å². The minimum Gasteiger partial charge on any atom is -0.497 e. The van der Waals surface area contributed by atoms with E-state index in [0.717, 1.165) is 50.0 Å². The van der Waals surface area contributed by atoms with Gasteiger partial charge in [0, 0.05) is 43.7 Å². The number of hydrogen-bond acceptors (Lipinski definition) is 17. The average molecular weight is 1780 g/mol. The van der Waals surface area contributed by atoms with E-state index in [4.69, 9.17) is 25.5 Å². The monoisotopic (exact) mass is 1780 g/mol. The van der Waals surface area contributed by atoms with Crippen molar-refractivity contribution < 1.29 is 41.0 Å². The number of amides is 2. The third-order valence-corrected chi connectivity index (χ3v) is 21.8. The Kier molecular flexibility index (Phi) is 27.6. The predicted molar refractivity (Wildman–Crippen MR) is 481 cm³/mol. The van der Waals surface area contributed by atoms with Crippen molar-refractivity contribution in [3.63, 3.8) is 0 Å². The standard InChI is InChI=1S/C28H24ClFN4O2.C26H21FN4O3.C21H21FN4O4.C21H17FN4O4/c1-18(2)21-8-12-24(13-9-21)34-26-25(32(17-31-26)15-20-4-3-5-22(29)14-20)27(35)33(28(34)36)16-19-6-10-23(30)11-7-19;1-34-22-13-7-19(8-14-22)15-29-17-28-24-23(29)25(32)30(16-18-5-3-2-4-6-18)26(33)31(24)21-11-9-20(27)10-12-21;2*22-15-7-5-14(6-8-15)12-26-20(28)19-17(4-1-9-23-19)25(21(26)29)13-18(27)24-11-16-3-2-10-30-16/h3-14,17-18H,15-16H2,1-2H3;2-14,17H,15-16H2,1H3;1,4-9,16H,2-3,10-13H2,(H,24,27);1-10H,11-13H2,(H,24,27)/t;;16-;/m..0./s1. The van der Waals surface area contributed by atoms with E-state index in [2.05, 4.69) is 44.4 Å². The maximum absolute atomic E-state index is 13.7. The van der Waals surface area contributed by atoms with E-state index < -0.39 is 68.4 Å². The van der Waals surface area contributed by atoms with Crippen LogP contribution in [-0.4, -0.2) is 104 Å². The van der Waals surface area contributed by atoms with Crippen LogP contribution in [0.15, 0.2) is 311 Å². The molecule has 9 aromatic heterocycles. The first-order valence-corrected chi connectivity index (χ1v) is 41.6. The summed E-state index contributed by atoms with van der Waals surface area (Å²) in [5.41, 5.74) is 4.02. The SMILES string of the molecule is CC(C)c1ccc(-n2c(=O)n(Cc3ccc(F)cc3)c(=O)c3c2ncn3Cc2cccc(Cl)c2)cc1.COc1ccc(Cn2cnc3c2c(=O)n(Cc2ccccc2)c(=O)n3-c2ccc(F)cc2)cc1.O=C(Cn1c(=O)n(Cc2ccc(F)cc2)c(=O)c2ncccc21)NC[C@@H]1CCCO1.O=C(Cn1c(=O)n(Cc2ccc(F)cc2)c(=O)c2ncccc21)NCc1ccco1. The number of fused-ring (bicyclic) bond motifs is 4. The highest BCUT2D eigenvalue weighted by Gasteiger charge is 2.26. The molecule has 2 N–H and O–H groups in total. The molecular formula is C96H83ClF4N16O13. The first-order chi connectivity index (χ1) is 62.9. The zero-order valence-electron chi connectivity index (χ0n) is 70.2. The molecule has 0 spiro atoms. The van der Waals surface area contributed by atoms with Crippen LogP contribution in [0.25, 0.3) is 55.8 Å². The van der Waals surface area contributed by atoms with Gasteiger partial charge in [-0.15, -0.1) is 0 Å². The van der Waals surface area contributed by atoms with E-state index in [1.807, 2.05) is 97.1 Å². The van der Waals surface area contributed by atoms with Gasteiger partial charge in [-0.05, 0) is 191 Å². The molecule has 1 saturated heterocycles. The lowest BCUT2D eigenvalue weighted by molar-refractivity contribution is -0.122. The Balaban J connectivity index is 0.000000133. The molecule has 0 bridgehead atoms. The summed E-state index contributed by atoms with van der Waals surface area (Å²) in [6, 6.07) is 63.9. The fraction of sp³-hybridized carbons (Fsp3) is 0.188. The van der Waals surface area contributed by atoms with Gasteiger partial charge in [0.15, 0.2) is 33.4 Å². The molecular weight excluding hydrogens is 1700 g/mol. The molecule has 17 aromatic rings. The number of methoxy groups -OCH3 is 1. The Morgan fingerprint density at radius 1 is 0.454 bits per heavy atom. The summed E-state index contributed by atoms with van der Waals surface area (Å²) < 4.78 is 82.3. The van der Waals surface area contributed by atoms with Crippen LogP contribution in [0, 0.1) is 23.3 Å². The normalized spacial score (nSPS) is 12.3. The highest BCUT2D eigenvalue weighted by atomic mass is 35.5. The maximum Gasteiger partial charge on any atom is 0.337 e. The number of imidazole rings is 2. The molecule has 660 valence electrons. The molecule has 18 rings (SSSR count). The number of furan rings is 1. The number of nitrogens with zero attached hydrogens (tertiary/aromatic N) is 14. The predicted octanol–water partition coefficient (Wildman–Crippen LogP) is 11.7. The third-order valence-electron chi connectivity index (χ3n) is 21.6. The maximum atomic E-state index is 13.7. The second kappa shape index (κ2) is 40.3. The van der Waals surface area contributed by atoms with Crippen molar-refractivity contribution in [1.82, 2.24) is 76.2 Å². The molecule has 1 aliphatic heterocycles. The van der Waals surface area contributed by atoms with Crippen LogP contribution in [0.4, 0.5) is 17.6 Å². The summed E-state index contributed by atoms with van der Waals surface area (Å²) in [6.45, 7) is 5.58. The highest BCUT2D eigenvalue weighted by molar-refractivity contribution is 6.30. The van der Waals surface area contributed by atoms with Gasteiger partial charge in [0.2, 0.25) is 11.8 Å². The van der Waals surface area contributed by atoms with Crippen molar-refractivity contribution in [3.05, 3.63) is 424 Å². The summed E-state index contributed by atoms with van der Waals surface area (Å²) in [7, 11) is 1.60. The fourth-order valence-corrected chi connectivity index (χ4v) is 15.1. The van der Waals surface area contributed by atoms with Gasteiger partial charge in [-0.2, -0.15) is 0 Å². The Morgan fingerprint density at radius 2 is 0.885 bits per heavy atom. The van der Waals surface area contributed by atoms with Gasteiger partial charge >= 0.3 is 22.8 Å². The molecule has 2 amide bonds. The smallest absolute Gasteiger partial charge is 0.337 e. The zero-order chi connectivity index (χ0) is 91.2. The Hall–Kier alpha value is -15.8. The van der Waals surface area contributed by atoms with E-state index in [1.54, 1.807) is 83.5 Å². The van der Waals surface area contributed by atoms with Crippen molar-refractivity contribution in [2.75, 3.05) is 20.3 Å². The molecule has 29 nitrogen and oxygen atoms in total. The molecule has 1 fully saturated rings. The van der Waals surface area contributed by atoms with Crippen LogP contribution >= 0.6 is 11.6 Å². The number of hydrogen-bond donors (Lipinski definition) is 2. The van der Waals surface area contributed by atoms with Gasteiger partial charge in [0.1, 0.15) is 47.9 Å². The lowest BCUT2D eigenvalue weighted by Gasteiger charge is -2.15. The number of pyridine rings is 2. The third kappa shape index (κ3) is 20.5. The number of carbonyl (C=O) groups excluding carboxylic acids is 2. The van der Waals surface area contributed by atoms with E-state index in [9.17, 15) is 65.5 Å². The number of rotatable bonds is 24. The van der Waals surface area contributed by atoms with Crippen LogP contribution in [0.5, 0.6) is 5.75 Å². The van der Waals surface area contributed by atoms with Crippen molar-refractivity contribution in [1.29, 1.82) is 0 Å². The molecule has 1 aliphatic rings. The summed E-state index contributed by atoms with van der Waals surface area (Å²) in [4.78, 5) is 148. The molecule has 0 aliphatic carbocycles. The molecule has 10 heterocycles. The van der Waals surface area contributed by atoms with Crippen molar-refractivity contribution in [2.45, 2.75) is 97.6 Å². The lowest BCUT2D eigenvalue weighted by atomic mass is 10.0. The highest BCUT2D eigenvalue weighted by Crippen LogP contribution is 2.24. The quantitative estimate of drug-likeness (QED) is 0.0531. The second-order valence-electron chi connectivity index (χ2n) is 30.7. The van der Waals surface area contributed by atoms with Crippen LogP contribution in [-0.2, 0) is 73.2 Å². The minimum absolute atomic E-state index is 0.000307. The molecule has 34 heteroatoms. The van der Waals surface area contributed by atoms with Gasteiger partial charge in [-0.25, -0.2) is 65.8 Å². The van der Waals surface area contributed by atoms with Crippen LogP contribution in [0.1, 0.15) is 77.3 Å². The van der Waals surface area contributed by atoms with E-state index in [-0.39, 0.29) is 103 Å². The first kappa shape index (κ1) is 89.1. The average Bonchev–Trinajstić information content (AvgIpc) is 1.57. The van der Waals surface area contributed by atoms with E-state index >= 15 is 0 Å². The summed E-state index contributed by atoms with van der Waals surface area (Å²) >= 11 is 6.16. The number of carbonyl (C=O) groups is 2. The zero-order valence-corrected chi connectivity index (χ0v) is 71.0. The number of aromatic nitrogens is 14. The molecule has 130 heavy (non-hydrogen) atoms. The molecule has 1 atom stereocenters. The summed E-state index contributed by atoms with van der Waals surface area (Å²) in [5.74, 6) is -0.781. The number of halogens is 5. The molecule has 0 radical (unpaired) electrons. The van der Waals surface area contributed by atoms with Crippen molar-refractivity contribution in [2.24, 2.45) is 0 Å². The van der Waals surface area contributed by atoms with Gasteiger partial charge < -0.3 is 33.7 Å². The number of nitrogens with one attached hydrogen (secondary N) is 2. The first-order valence-electron chi connectivity index (χ1n) is 41.2. The van der Waals surface area contributed by atoms with Crippen LogP contribution < -0.4 is 60.4 Å². The van der Waals surface area contributed by atoms with Crippen molar-refractivity contribution in [3.8, 4) is 17.1 Å². The summed E-state index contributed by atoms with van der Waals surface area (Å²) in [6.07, 6.45) is 9.33.